The maximum Gasteiger partial charge on any atom is 0.335 e. The number of carbonyl (C=O) groups is 3. The first-order valence-corrected chi connectivity index (χ1v) is 18.9. The van der Waals surface area contributed by atoms with Crippen molar-refractivity contribution in [3.8, 4) is 0 Å². The summed E-state index contributed by atoms with van der Waals surface area (Å²) in [5.41, 5.74) is 4.33. The number of amides is 2. The van der Waals surface area contributed by atoms with Crippen LogP contribution in [0, 0.1) is 50.7 Å². The van der Waals surface area contributed by atoms with Crippen LogP contribution in [0.4, 0.5) is 0 Å². The number of imide groups is 1. The Morgan fingerprint density at radius 2 is 1.57 bits per heavy atom. The second kappa shape index (κ2) is 11.6. The number of carboxylic acid groups (broad SMARTS) is 1. The highest BCUT2D eigenvalue weighted by atomic mass is 16.4. The molecule has 0 spiro atoms. The zero-order chi connectivity index (χ0) is 33.4. The molecule has 0 bridgehead atoms. The summed E-state index contributed by atoms with van der Waals surface area (Å²) in [5, 5.41) is 13.3. The van der Waals surface area contributed by atoms with Crippen molar-refractivity contribution in [3.05, 3.63) is 41.5 Å². The van der Waals surface area contributed by atoms with Gasteiger partial charge in [-0.15, -0.1) is 0 Å². The van der Waals surface area contributed by atoms with E-state index < -0.39 is 5.97 Å². The molecule has 6 aliphatic rings. The molecule has 47 heavy (non-hydrogen) atoms. The molecule has 5 fully saturated rings. The summed E-state index contributed by atoms with van der Waals surface area (Å²) in [6.45, 7) is 15.5. The highest BCUT2D eigenvalue weighted by Crippen LogP contribution is 2.77. The third-order valence-corrected chi connectivity index (χ3v) is 15.9. The number of fused-ring (bicyclic) bond motifs is 7. The van der Waals surface area contributed by atoms with Gasteiger partial charge in [-0.05, 0) is 145 Å². The van der Waals surface area contributed by atoms with Crippen molar-refractivity contribution in [2.75, 3.05) is 19.6 Å². The van der Waals surface area contributed by atoms with Crippen LogP contribution in [0.3, 0.4) is 0 Å². The molecule has 4 saturated carbocycles. The fourth-order valence-electron chi connectivity index (χ4n) is 13.5. The van der Waals surface area contributed by atoms with Crippen molar-refractivity contribution in [3.63, 3.8) is 0 Å². The lowest BCUT2D eigenvalue weighted by Crippen LogP contribution is -2.65. The predicted molar refractivity (Wildman–Crippen MR) is 185 cm³/mol. The number of hydrogen-bond donors (Lipinski definition) is 2. The maximum absolute atomic E-state index is 12.0. The van der Waals surface area contributed by atoms with Crippen molar-refractivity contribution >= 4 is 23.4 Å². The molecule has 7 rings (SSSR count). The van der Waals surface area contributed by atoms with Gasteiger partial charge in [-0.3, -0.25) is 14.5 Å². The van der Waals surface area contributed by atoms with Crippen molar-refractivity contribution < 1.29 is 19.5 Å². The van der Waals surface area contributed by atoms with Crippen LogP contribution in [-0.4, -0.2) is 47.4 Å². The zero-order valence-corrected chi connectivity index (χ0v) is 29.6. The van der Waals surface area contributed by atoms with E-state index in [2.05, 4.69) is 46.0 Å². The smallest absolute Gasteiger partial charge is 0.335 e. The standard InChI is InChI=1S/C41H58N2O4/c1-37(2)29(27-9-11-28(12-10-27)36(46)47)17-20-38(3)32(37)18-21-40(5)33(38)14-13-30-31-8-6-19-41(31,23-22-39(30,40)4)26-42-24-7-25-43-34(44)15-16-35(43)45/h9-12,17,30-33,42H,6-8,13-16,18-26H2,1-5H3,(H,46,47)/t30-,31?,32?,33?,38+,39-,40-,41-/m1/s1. The highest BCUT2D eigenvalue weighted by Gasteiger charge is 2.69. The minimum atomic E-state index is -0.865. The van der Waals surface area contributed by atoms with Crippen LogP contribution in [0.15, 0.2) is 30.3 Å². The predicted octanol–water partition coefficient (Wildman–Crippen LogP) is 8.36. The Kier molecular flexibility index (Phi) is 8.13. The van der Waals surface area contributed by atoms with Crippen molar-refractivity contribution in [1.29, 1.82) is 0 Å². The Hall–Kier alpha value is -2.47. The van der Waals surface area contributed by atoms with Crippen LogP contribution in [-0.2, 0) is 9.59 Å². The topological polar surface area (TPSA) is 86.7 Å². The van der Waals surface area contributed by atoms with Gasteiger partial charge in [0, 0.05) is 25.9 Å². The summed E-state index contributed by atoms with van der Waals surface area (Å²) >= 11 is 0. The van der Waals surface area contributed by atoms with Crippen LogP contribution >= 0.6 is 0 Å². The van der Waals surface area contributed by atoms with Gasteiger partial charge in [0.15, 0.2) is 0 Å². The van der Waals surface area contributed by atoms with E-state index in [9.17, 15) is 19.5 Å². The monoisotopic (exact) mass is 642 g/mol. The van der Waals surface area contributed by atoms with Crippen molar-refractivity contribution in [1.82, 2.24) is 10.2 Å². The van der Waals surface area contributed by atoms with E-state index in [1.807, 2.05) is 12.1 Å². The van der Waals surface area contributed by atoms with Crippen LogP contribution < -0.4 is 5.32 Å². The number of carbonyl (C=O) groups excluding carboxylic acids is 2. The quantitative estimate of drug-likeness (QED) is 0.220. The van der Waals surface area contributed by atoms with Gasteiger partial charge in [-0.25, -0.2) is 4.79 Å². The molecule has 2 amide bonds. The fraction of sp³-hybridized carbons (Fsp3) is 0.732. The average molecular weight is 643 g/mol. The minimum Gasteiger partial charge on any atom is -0.478 e. The summed E-state index contributed by atoms with van der Waals surface area (Å²) < 4.78 is 0. The van der Waals surface area contributed by atoms with Crippen LogP contribution in [0.2, 0.25) is 0 Å². The maximum atomic E-state index is 12.0. The van der Waals surface area contributed by atoms with Crippen LogP contribution in [0.5, 0.6) is 0 Å². The second-order valence-electron chi connectivity index (χ2n) is 17.9. The summed E-state index contributed by atoms with van der Waals surface area (Å²) in [7, 11) is 0. The van der Waals surface area contributed by atoms with Gasteiger partial charge in [-0.1, -0.05) is 59.2 Å². The number of aromatic carboxylic acids is 1. The summed E-state index contributed by atoms with van der Waals surface area (Å²) in [6, 6.07) is 7.59. The Balaban J connectivity index is 1.07. The molecule has 1 aromatic rings. The van der Waals surface area contributed by atoms with Crippen molar-refractivity contribution in [2.24, 2.45) is 50.7 Å². The first-order valence-electron chi connectivity index (χ1n) is 18.9. The van der Waals surface area contributed by atoms with E-state index in [0.717, 1.165) is 37.8 Å². The van der Waals surface area contributed by atoms with Crippen LogP contribution in [0.25, 0.3) is 5.57 Å². The largest absolute Gasteiger partial charge is 0.478 e. The number of likely N-dealkylation sites (tertiary alicyclic amines) is 1. The summed E-state index contributed by atoms with van der Waals surface area (Å²) in [6.07, 6.45) is 17.3. The summed E-state index contributed by atoms with van der Waals surface area (Å²) in [5.74, 6) is 2.04. The molecule has 2 N–H and O–H groups in total. The number of allylic oxidation sites excluding steroid dienone is 2. The SMILES string of the molecule is CC1(C)C(c2ccc(C(=O)O)cc2)=CC[C@@]2(C)C1CC[C@]1(C)C2CC[C@@H]2C3CCC[C@]3(CNCCCN3C(=O)CCC3=O)CC[C@]21C. The Bertz CT molecular complexity index is 1450. The third kappa shape index (κ3) is 4.92. The first kappa shape index (κ1) is 33.0. The van der Waals surface area contributed by atoms with E-state index in [4.69, 9.17) is 0 Å². The number of hydrogen-bond acceptors (Lipinski definition) is 4. The normalized spacial score (nSPS) is 40.7. The Labute approximate surface area is 282 Å². The zero-order valence-electron chi connectivity index (χ0n) is 29.6. The lowest BCUT2D eigenvalue weighted by Gasteiger charge is -2.72. The molecule has 1 heterocycles. The number of carboxylic acids is 1. The number of nitrogens with zero attached hydrogens (tertiary/aromatic N) is 1. The molecule has 6 heteroatoms. The van der Waals surface area contributed by atoms with Gasteiger partial charge in [0.05, 0.1) is 5.56 Å². The molecular formula is C41H58N2O4. The van der Waals surface area contributed by atoms with Gasteiger partial charge in [-0.2, -0.15) is 0 Å². The summed E-state index contributed by atoms with van der Waals surface area (Å²) in [4.78, 5) is 37.0. The van der Waals surface area contributed by atoms with Gasteiger partial charge in [0.1, 0.15) is 0 Å². The molecule has 1 saturated heterocycles. The molecule has 5 aliphatic carbocycles. The van der Waals surface area contributed by atoms with Crippen molar-refractivity contribution in [2.45, 2.75) is 118 Å². The molecule has 256 valence electrons. The number of benzene rings is 1. The van der Waals surface area contributed by atoms with E-state index in [1.54, 1.807) is 12.1 Å². The molecule has 1 aliphatic heterocycles. The van der Waals surface area contributed by atoms with E-state index >= 15 is 0 Å². The van der Waals surface area contributed by atoms with E-state index in [0.29, 0.717) is 53.0 Å². The average Bonchev–Trinajstić information content (AvgIpc) is 3.59. The third-order valence-electron chi connectivity index (χ3n) is 15.9. The molecule has 6 nitrogen and oxygen atoms in total. The molecular weight excluding hydrogens is 584 g/mol. The lowest BCUT2D eigenvalue weighted by atomic mass is 9.32. The lowest BCUT2D eigenvalue weighted by molar-refractivity contribution is -0.222. The first-order chi connectivity index (χ1) is 22.3. The number of nitrogens with one attached hydrogen (secondary N) is 1. The highest BCUT2D eigenvalue weighted by molar-refractivity contribution is 6.01. The molecule has 1 aromatic carbocycles. The van der Waals surface area contributed by atoms with Gasteiger partial charge in [0.2, 0.25) is 11.8 Å². The van der Waals surface area contributed by atoms with Gasteiger partial charge in [0.25, 0.3) is 0 Å². The van der Waals surface area contributed by atoms with Gasteiger partial charge < -0.3 is 10.4 Å². The number of rotatable bonds is 8. The Morgan fingerprint density at radius 1 is 0.851 bits per heavy atom. The molecule has 3 unspecified atom stereocenters. The second-order valence-corrected chi connectivity index (χ2v) is 17.9. The molecule has 0 aromatic heterocycles. The van der Waals surface area contributed by atoms with Gasteiger partial charge >= 0.3 is 5.97 Å². The fourth-order valence-corrected chi connectivity index (χ4v) is 13.5. The van der Waals surface area contributed by atoms with E-state index in [1.165, 1.54) is 73.8 Å². The molecule has 8 atom stereocenters. The van der Waals surface area contributed by atoms with E-state index in [-0.39, 0.29) is 22.6 Å². The molecule has 0 radical (unpaired) electrons. The van der Waals surface area contributed by atoms with Crippen LogP contribution in [0.1, 0.15) is 134 Å². The minimum absolute atomic E-state index is 0.00327. The Morgan fingerprint density at radius 3 is 2.28 bits per heavy atom.